The molecule has 0 saturated carbocycles. The minimum atomic E-state index is -0.978. The van der Waals surface area contributed by atoms with E-state index in [-0.39, 0.29) is 18.2 Å². The van der Waals surface area contributed by atoms with Crippen LogP contribution in [0.4, 0.5) is 10.5 Å². The molecule has 0 saturated heterocycles. The molecule has 4 rings (SSSR count). The Morgan fingerprint density at radius 1 is 0.816 bits per heavy atom. The van der Waals surface area contributed by atoms with Crippen molar-refractivity contribution in [3.05, 3.63) is 120 Å². The third kappa shape index (κ3) is 11.3. The molecule has 0 aliphatic heterocycles. The predicted molar refractivity (Wildman–Crippen MR) is 200 cm³/mol. The molecule has 0 fully saturated rings. The van der Waals surface area contributed by atoms with Crippen molar-refractivity contribution in [1.29, 1.82) is 0 Å². The summed E-state index contributed by atoms with van der Waals surface area (Å²) in [5.74, 6) is -0.697. The standard InChI is InChI=1S/C42H51N3O4/c1-6-8-9-10-11-17-27-45(40(47)37(29-32-19-13-12-14-20-32)44-41(48)49-42(3,4)5)38(35-24-18-21-31(7-2)28-35)39(46)43-36-26-25-33-22-15-16-23-34(33)30-36/h7,12-16,18-26,28,30,37-38H,2,6,8-11,17,27,29H2,1,3-5H3,(H,43,46)(H,44,48). The zero-order chi connectivity index (χ0) is 35.2. The van der Waals surface area contributed by atoms with Crippen LogP contribution in [0.2, 0.25) is 0 Å². The van der Waals surface area contributed by atoms with Gasteiger partial charge in [-0.3, -0.25) is 9.59 Å². The van der Waals surface area contributed by atoms with Gasteiger partial charge >= 0.3 is 6.09 Å². The molecule has 0 aliphatic rings. The number of rotatable bonds is 16. The van der Waals surface area contributed by atoms with Gasteiger partial charge in [-0.05, 0) is 72.9 Å². The quantitative estimate of drug-likeness (QED) is 0.117. The summed E-state index contributed by atoms with van der Waals surface area (Å²) in [5.41, 5.74) is 2.25. The van der Waals surface area contributed by atoms with Gasteiger partial charge in [-0.2, -0.15) is 0 Å². The lowest BCUT2D eigenvalue weighted by molar-refractivity contribution is -0.140. The Labute approximate surface area is 291 Å². The summed E-state index contributed by atoms with van der Waals surface area (Å²) in [6.07, 6.45) is 7.35. The largest absolute Gasteiger partial charge is 0.444 e. The summed E-state index contributed by atoms with van der Waals surface area (Å²) >= 11 is 0. The number of amides is 3. The van der Waals surface area contributed by atoms with E-state index in [0.29, 0.717) is 24.2 Å². The van der Waals surface area contributed by atoms with Gasteiger partial charge in [0.1, 0.15) is 17.7 Å². The minimum absolute atomic E-state index is 0.234. The molecular weight excluding hydrogens is 610 g/mol. The number of nitrogens with zero attached hydrogens (tertiary/aromatic N) is 1. The van der Waals surface area contributed by atoms with Gasteiger partial charge in [0.25, 0.3) is 5.91 Å². The molecule has 0 heterocycles. The summed E-state index contributed by atoms with van der Waals surface area (Å²) in [5, 5.41) is 8.03. The second kappa shape index (κ2) is 18.0. The van der Waals surface area contributed by atoms with E-state index in [1.807, 2.05) is 97.1 Å². The van der Waals surface area contributed by atoms with Crippen LogP contribution in [0.3, 0.4) is 0 Å². The molecule has 0 spiro atoms. The molecule has 0 bridgehead atoms. The number of unbranched alkanes of at least 4 members (excludes halogenated alkanes) is 5. The second-order valence-electron chi connectivity index (χ2n) is 13.5. The number of nitrogens with one attached hydrogen (secondary N) is 2. The van der Waals surface area contributed by atoms with Crippen molar-refractivity contribution < 1.29 is 19.1 Å². The van der Waals surface area contributed by atoms with E-state index >= 15 is 0 Å². The van der Waals surface area contributed by atoms with Gasteiger partial charge in [-0.15, -0.1) is 0 Å². The molecule has 7 nitrogen and oxygen atoms in total. The molecule has 2 unspecified atom stereocenters. The van der Waals surface area contributed by atoms with E-state index < -0.39 is 23.8 Å². The van der Waals surface area contributed by atoms with E-state index in [0.717, 1.165) is 54.0 Å². The number of hydrogen-bond acceptors (Lipinski definition) is 4. The Bertz CT molecular complexity index is 1700. The number of carbonyl (C=O) groups is 3. The lowest BCUT2D eigenvalue weighted by Gasteiger charge is -2.35. The highest BCUT2D eigenvalue weighted by atomic mass is 16.6. The molecule has 2 N–H and O–H groups in total. The Morgan fingerprint density at radius 3 is 2.22 bits per heavy atom. The molecule has 258 valence electrons. The van der Waals surface area contributed by atoms with E-state index in [1.165, 1.54) is 0 Å². The van der Waals surface area contributed by atoms with Gasteiger partial charge in [-0.25, -0.2) is 4.79 Å². The maximum absolute atomic E-state index is 14.9. The maximum Gasteiger partial charge on any atom is 0.408 e. The van der Waals surface area contributed by atoms with Crippen LogP contribution in [0.15, 0.2) is 104 Å². The van der Waals surface area contributed by atoms with Crippen molar-refractivity contribution in [3.8, 4) is 0 Å². The molecule has 2 atom stereocenters. The van der Waals surface area contributed by atoms with Gasteiger partial charge in [0.15, 0.2) is 0 Å². The molecule has 7 heteroatoms. The van der Waals surface area contributed by atoms with Crippen LogP contribution in [-0.4, -0.2) is 41.0 Å². The molecule has 0 aromatic heterocycles. The van der Waals surface area contributed by atoms with Crippen LogP contribution in [0.5, 0.6) is 0 Å². The van der Waals surface area contributed by atoms with Crippen LogP contribution >= 0.6 is 0 Å². The molecule has 0 aliphatic carbocycles. The molecule has 4 aromatic rings. The van der Waals surface area contributed by atoms with Gasteiger partial charge in [0.05, 0.1) is 0 Å². The first-order valence-corrected chi connectivity index (χ1v) is 17.4. The van der Waals surface area contributed by atoms with Crippen molar-refractivity contribution in [2.24, 2.45) is 0 Å². The highest BCUT2D eigenvalue weighted by Gasteiger charge is 2.36. The first-order valence-electron chi connectivity index (χ1n) is 17.4. The summed E-state index contributed by atoms with van der Waals surface area (Å²) < 4.78 is 5.60. The van der Waals surface area contributed by atoms with Crippen molar-refractivity contribution in [2.45, 2.75) is 90.3 Å². The number of anilines is 1. The lowest BCUT2D eigenvalue weighted by Crippen LogP contribution is -2.53. The molecular formula is C42H51N3O4. The molecule has 0 radical (unpaired) electrons. The lowest BCUT2D eigenvalue weighted by atomic mass is 9.98. The fourth-order valence-electron chi connectivity index (χ4n) is 5.94. The van der Waals surface area contributed by atoms with Gasteiger partial charge in [0, 0.05) is 18.7 Å². The fourth-order valence-corrected chi connectivity index (χ4v) is 5.94. The zero-order valence-corrected chi connectivity index (χ0v) is 29.4. The van der Waals surface area contributed by atoms with Crippen LogP contribution < -0.4 is 10.6 Å². The monoisotopic (exact) mass is 661 g/mol. The third-order valence-electron chi connectivity index (χ3n) is 8.35. The number of hydrogen-bond donors (Lipinski definition) is 2. The van der Waals surface area contributed by atoms with E-state index in [1.54, 1.807) is 31.7 Å². The summed E-state index contributed by atoms with van der Waals surface area (Å²) in [4.78, 5) is 44.2. The number of fused-ring (bicyclic) bond motifs is 1. The van der Waals surface area contributed by atoms with Crippen LogP contribution in [0.1, 0.15) is 89.0 Å². The fraction of sp³-hybridized carbons (Fsp3) is 0.357. The Hall–Kier alpha value is -4.91. The Kier molecular flexibility index (Phi) is 13.6. The van der Waals surface area contributed by atoms with Crippen molar-refractivity contribution in [3.63, 3.8) is 0 Å². The predicted octanol–water partition coefficient (Wildman–Crippen LogP) is 9.49. The molecule has 49 heavy (non-hydrogen) atoms. The Balaban J connectivity index is 1.75. The average Bonchev–Trinajstić information content (AvgIpc) is 3.08. The highest BCUT2D eigenvalue weighted by molar-refractivity contribution is 6.00. The molecule has 4 aromatic carbocycles. The first-order chi connectivity index (χ1) is 23.6. The van der Waals surface area contributed by atoms with Crippen molar-refractivity contribution >= 4 is 40.4 Å². The van der Waals surface area contributed by atoms with Crippen LogP contribution in [-0.2, 0) is 20.7 Å². The summed E-state index contributed by atoms with van der Waals surface area (Å²) in [7, 11) is 0. The van der Waals surface area contributed by atoms with Gasteiger partial charge < -0.3 is 20.3 Å². The normalized spacial score (nSPS) is 12.5. The first kappa shape index (κ1) is 36.9. The van der Waals surface area contributed by atoms with E-state index in [9.17, 15) is 14.4 Å². The van der Waals surface area contributed by atoms with Crippen LogP contribution in [0, 0.1) is 0 Å². The third-order valence-corrected chi connectivity index (χ3v) is 8.35. The minimum Gasteiger partial charge on any atom is -0.444 e. The number of carbonyl (C=O) groups excluding carboxylic acids is 3. The van der Waals surface area contributed by atoms with Crippen molar-refractivity contribution in [1.82, 2.24) is 10.2 Å². The van der Waals surface area contributed by atoms with Crippen molar-refractivity contribution in [2.75, 3.05) is 11.9 Å². The second-order valence-corrected chi connectivity index (χ2v) is 13.5. The number of benzene rings is 4. The number of ether oxygens (including phenoxy) is 1. The van der Waals surface area contributed by atoms with E-state index in [2.05, 4.69) is 24.1 Å². The van der Waals surface area contributed by atoms with E-state index in [4.69, 9.17) is 4.74 Å². The number of alkyl carbamates (subject to hydrolysis) is 1. The SMILES string of the molecule is C=Cc1cccc(C(C(=O)Nc2ccc3ccccc3c2)N(CCCCCCCC)C(=O)C(Cc2ccccc2)NC(=O)OC(C)(C)C)c1. The Morgan fingerprint density at radius 2 is 1.51 bits per heavy atom. The summed E-state index contributed by atoms with van der Waals surface area (Å²) in [6, 6.07) is 28.9. The maximum atomic E-state index is 14.9. The summed E-state index contributed by atoms with van der Waals surface area (Å²) in [6.45, 7) is 11.8. The van der Waals surface area contributed by atoms with Crippen LogP contribution in [0.25, 0.3) is 16.8 Å². The topological polar surface area (TPSA) is 87.7 Å². The van der Waals surface area contributed by atoms with Gasteiger partial charge in [0.2, 0.25) is 5.91 Å². The molecule has 3 amide bonds. The average molecular weight is 662 g/mol. The smallest absolute Gasteiger partial charge is 0.408 e. The van der Waals surface area contributed by atoms with Gasteiger partial charge in [-0.1, -0.05) is 131 Å². The zero-order valence-electron chi connectivity index (χ0n) is 29.4. The highest BCUT2D eigenvalue weighted by Crippen LogP contribution is 2.28.